The molecule has 3 aromatic rings. The van der Waals surface area contributed by atoms with Gasteiger partial charge in [0, 0.05) is 52.4 Å². The molecule has 0 aliphatic rings. The molecule has 3 aromatic carbocycles. The number of halogens is 2. The van der Waals surface area contributed by atoms with E-state index in [1.807, 2.05) is 24.3 Å². The Morgan fingerprint density at radius 2 is 1.06 bits per heavy atom. The van der Waals surface area contributed by atoms with Gasteiger partial charge in [-0.05, 0) is 53.4 Å². The van der Waals surface area contributed by atoms with E-state index in [-0.39, 0.29) is 5.92 Å². The lowest BCUT2D eigenvalue weighted by atomic mass is 9.83. The van der Waals surface area contributed by atoms with Crippen LogP contribution in [0.5, 0.6) is 0 Å². The fourth-order valence-corrected chi connectivity index (χ4v) is 5.69. The Morgan fingerprint density at radius 1 is 0.639 bits per heavy atom. The fraction of sp³-hybridized carbons (Fsp3) is 0.188. The maximum absolute atomic E-state index is 3.92. The van der Waals surface area contributed by atoms with Crippen LogP contribution in [0.25, 0.3) is 0 Å². The lowest BCUT2D eigenvalue weighted by molar-refractivity contribution is 0.926. The van der Waals surface area contributed by atoms with Gasteiger partial charge in [0.1, 0.15) is 0 Å². The van der Waals surface area contributed by atoms with Crippen LogP contribution in [0, 0.1) is 6.92 Å². The van der Waals surface area contributed by atoms with Crippen molar-refractivity contribution in [2.45, 2.75) is 12.8 Å². The maximum atomic E-state index is 3.92. The number of aryl methyl sites for hydroxylation is 1. The van der Waals surface area contributed by atoms with Gasteiger partial charge in [-0.3, -0.25) is 0 Å². The second kappa shape index (κ2) is 13.5. The highest BCUT2D eigenvalue weighted by Crippen LogP contribution is 2.42. The van der Waals surface area contributed by atoms with E-state index in [2.05, 4.69) is 136 Å². The second-order valence-electron chi connectivity index (χ2n) is 8.67. The molecule has 0 unspecified atom stereocenters. The molecule has 0 fully saturated rings. The van der Waals surface area contributed by atoms with Gasteiger partial charge in [0.2, 0.25) is 0 Å². The highest BCUT2D eigenvalue weighted by atomic mass is 79.9. The number of anilines is 2. The average molecular weight is 606 g/mol. The molecule has 0 amide bonds. The van der Waals surface area contributed by atoms with E-state index in [0.717, 1.165) is 46.5 Å². The van der Waals surface area contributed by atoms with Crippen molar-refractivity contribution in [2.75, 3.05) is 36.0 Å². The first-order valence-electron chi connectivity index (χ1n) is 12.0. The van der Waals surface area contributed by atoms with Crippen molar-refractivity contribution in [3.8, 4) is 0 Å². The SMILES string of the molecule is C=CCN(CC=C)c1ccc(C(c2ccccc2C)c2ccc(N(CC=C)CC=C)cc2Br)c(Br)c1. The van der Waals surface area contributed by atoms with Gasteiger partial charge >= 0.3 is 0 Å². The van der Waals surface area contributed by atoms with E-state index in [1.54, 1.807) is 0 Å². The lowest BCUT2D eigenvalue weighted by Crippen LogP contribution is -2.23. The molecule has 0 aliphatic carbocycles. The Morgan fingerprint density at radius 3 is 1.42 bits per heavy atom. The maximum Gasteiger partial charge on any atom is 0.0383 e. The van der Waals surface area contributed by atoms with Crippen molar-refractivity contribution in [3.05, 3.63) is 142 Å². The number of nitrogens with zero attached hydrogens (tertiary/aromatic N) is 2. The molecule has 4 heteroatoms. The molecule has 0 atom stereocenters. The summed E-state index contributed by atoms with van der Waals surface area (Å²) in [6, 6.07) is 21.9. The molecule has 36 heavy (non-hydrogen) atoms. The van der Waals surface area contributed by atoms with Crippen LogP contribution in [0.2, 0.25) is 0 Å². The smallest absolute Gasteiger partial charge is 0.0383 e. The third-order valence-corrected chi connectivity index (χ3v) is 7.59. The van der Waals surface area contributed by atoms with Crippen LogP contribution in [-0.4, -0.2) is 26.2 Å². The molecule has 0 radical (unpaired) electrons. The zero-order chi connectivity index (χ0) is 26.1. The minimum atomic E-state index is 0.0533. The topological polar surface area (TPSA) is 6.48 Å². The minimum Gasteiger partial charge on any atom is -0.364 e. The Balaban J connectivity index is 2.14. The Kier molecular flexibility index (Phi) is 10.4. The summed E-state index contributed by atoms with van der Waals surface area (Å²) in [5.74, 6) is 0.0533. The number of hydrogen-bond donors (Lipinski definition) is 0. The van der Waals surface area contributed by atoms with Gasteiger partial charge in [0.15, 0.2) is 0 Å². The van der Waals surface area contributed by atoms with Crippen LogP contribution < -0.4 is 9.80 Å². The monoisotopic (exact) mass is 604 g/mol. The molecule has 0 spiro atoms. The summed E-state index contributed by atoms with van der Waals surface area (Å²) in [5, 5.41) is 0. The van der Waals surface area contributed by atoms with Crippen molar-refractivity contribution in [3.63, 3.8) is 0 Å². The molecule has 0 saturated heterocycles. The quantitative estimate of drug-likeness (QED) is 0.142. The van der Waals surface area contributed by atoms with E-state index in [4.69, 9.17) is 0 Å². The van der Waals surface area contributed by atoms with Crippen LogP contribution in [0.4, 0.5) is 11.4 Å². The molecule has 0 saturated carbocycles. The summed E-state index contributed by atoms with van der Waals surface area (Å²) in [6.07, 6.45) is 7.68. The first-order valence-corrected chi connectivity index (χ1v) is 13.6. The number of hydrogen-bond acceptors (Lipinski definition) is 2. The van der Waals surface area contributed by atoms with Crippen LogP contribution in [0.1, 0.15) is 28.2 Å². The zero-order valence-electron chi connectivity index (χ0n) is 21.0. The molecule has 0 aliphatic heterocycles. The molecule has 0 bridgehead atoms. The molecule has 0 aromatic heterocycles. The van der Waals surface area contributed by atoms with Gasteiger partial charge in [-0.2, -0.15) is 0 Å². The van der Waals surface area contributed by atoms with E-state index < -0.39 is 0 Å². The van der Waals surface area contributed by atoms with E-state index in [1.165, 1.54) is 22.3 Å². The molecule has 0 heterocycles. The first kappa shape index (κ1) is 27.8. The van der Waals surface area contributed by atoms with Crippen LogP contribution >= 0.6 is 31.9 Å². The summed E-state index contributed by atoms with van der Waals surface area (Å²) in [6.45, 7) is 20.9. The van der Waals surface area contributed by atoms with E-state index in [0.29, 0.717) is 0 Å². The molecular weight excluding hydrogens is 572 g/mol. The fourth-order valence-electron chi connectivity index (χ4n) is 4.50. The lowest BCUT2D eigenvalue weighted by Gasteiger charge is -2.27. The summed E-state index contributed by atoms with van der Waals surface area (Å²) in [5.41, 5.74) is 7.23. The average Bonchev–Trinajstić information content (AvgIpc) is 2.86. The van der Waals surface area contributed by atoms with Crippen LogP contribution in [0.15, 0.2) is 120 Å². The third-order valence-electron chi connectivity index (χ3n) is 6.22. The van der Waals surface area contributed by atoms with Gasteiger partial charge in [-0.25, -0.2) is 0 Å². The van der Waals surface area contributed by atoms with Crippen molar-refractivity contribution < 1.29 is 0 Å². The predicted molar refractivity (Wildman–Crippen MR) is 166 cm³/mol. The zero-order valence-corrected chi connectivity index (χ0v) is 24.1. The summed E-state index contributed by atoms with van der Waals surface area (Å²) in [7, 11) is 0. The van der Waals surface area contributed by atoms with Crippen molar-refractivity contribution in [1.29, 1.82) is 0 Å². The highest BCUT2D eigenvalue weighted by molar-refractivity contribution is 9.10. The minimum absolute atomic E-state index is 0.0533. The second-order valence-corrected chi connectivity index (χ2v) is 10.4. The van der Waals surface area contributed by atoms with Crippen LogP contribution in [0.3, 0.4) is 0 Å². The Labute approximate surface area is 233 Å². The third kappa shape index (κ3) is 6.48. The Bertz CT molecular complexity index is 1140. The normalized spacial score (nSPS) is 10.7. The predicted octanol–water partition coefficient (Wildman–Crippen LogP) is 9.06. The van der Waals surface area contributed by atoms with E-state index >= 15 is 0 Å². The van der Waals surface area contributed by atoms with Crippen molar-refractivity contribution >= 4 is 43.2 Å². The highest BCUT2D eigenvalue weighted by Gasteiger charge is 2.24. The van der Waals surface area contributed by atoms with Gasteiger partial charge in [-0.1, -0.05) is 92.6 Å². The molecular formula is C32H34Br2N2. The van der Waals surface area contributed by atoms with Gasteiger partial charge < -0.3 is 9.80 Å². The molecule has 0 N–H and O–H groups in total. The number of benzene rings is 3. The number of rotatable bonds is 13. The van der Waals surface area contributed by atoms with Crippen molar-refractivity contribution in [1.82, 2.24) is 0 Å². The van der Waals surface area contributed by atoms with Gasteiger partial charge in [-0.15, -0.1) is 26.3 Å². The summed E-state index contributed by atoms with van der Waals surface area (Å²) >= 11 is 7.83. The largest absolute Gasteiger partial charge is 0.364 e. The van der Waals surface area contributed by atoms with E-state index in [9.17, 15) is 0 Å². The molecule has 2 nitrogen and oxygen atoms in total. The molecule has 186 valence electrons. The molecule has 3 rings (SSSR count). The van der Waals surface area contributed by atoms with Crippen LogP contribution in [-0.2, 0) is 0 Å². The van der Waals surface area contributed by atoms with Gasteiger partial charge in [0.05, 0.1) is 0 Å². The Hall–Kier alpha value is -2.82. The van der Waals surface area contributed by atoms with Crippen molar-refractivity contribution in [2.24, 2.45) is 0 Å². The standard InChI is InChI=1S/C32H34Br2N2/c1-6-18-35(19-7-2)25-14-16-28(30(33)22-25)32(27-13-11-10-12-24(27)5)29-17-15-26(23-31(29)34)36(20-8-3)21-9-4/h6-17,22-23,32H,1-4,18-21H2,5H3. The first-order chi connectivity index (χ1) is 17.4. The summed E-state index contributed by atoms with van der Waals surface area (Å²) < 4.78 is 2.14. The van der Waals surface area contributed by atoms with Gasteiger partial charge in [0.25, 0.3) is 0 Å². The summed E-state index contributed by atoms with van der Waals surface area (Å²) in [4.78, 5) is 4.49.